The van der Waals surface area contributed by atoms with E-state index in [-0.39, 0.29) is 11.9 Å². The quantitative estimate of drug-likeness (QED) is 0.779. The molecule has 0 radical (unpaired) electrons. The number of hydrogen-bond acceptors (Lipinski definition) is 2. The molecule has 1 atom stereocenters. The van der Waals surface area contributed by atoms with Gasteiger partial charge >= 0.3 is 0 Å². The maximum atomic E-state index is 13.4. The van der Waals surface area contributed by atoms with Crippen LogP contribution in [0.3, 0.4) is 0 Å². The van der Waals surface area contributed by atoms with Crippen LogP contribution in [0, 0.1) is 5.82 Å². The Bertz CT molecular complexity index is 589. The third-order valence-corrected chi connectivity index (χ3v) is 4.02. The van der Waals surface area contributed by atoms with Gasteiger partial charge in [-0.25, -0.2) is 4.39 Å². The van der Waals surface area contributed by atoms with E-state index in [1.807, 2.05) is 12.1 Å². The molecule has 1 N–H and O–H groups in total. The van der Waals surface area contributed by atoms with Crippen LogP contribution >= 0.6 is 27.5 Å². The predicted octanol–water partition coefficient (Wildman–Crippen LogP) is 4.92. The summed E-state index contributed by atoms with van der Waals surface area (Å²) in [4.78, 5) is 4.43. The van der Waals surface area contributed by atoms with Crippen LogP contribution in [0.15, 0.2) is 41.0 Å². The number of rotatable bonds is 6. The molecule has 0 aliphatic heterocycles. The van der Waals surface area contributed by atoms with E-state index in [2.05, 4.69) is 33.2 Å². The first-order valence-corrected chi connectivity index (χ1v) is 8.06. The molecule has 1 aromatic heterocycles. The summed E-state index contributed by atoms with van der Waals surface area (Å²) in [6, 6.07) is 8.39. The average Bonchev–Trinajstić information content (AvgIpc) is 2.48. The molecular weight excluding hydrogens is 355 g/mol. The van der Waals surface area contributed by atoms with E-state index in [4.69, 9.17) is 11.6 Å². The van der Waals surface area contributed by atoms with Crippen molar-refractivity contribution in [3.8, 4) is 0 Å². The second-order valence-electron chi connectivity index (χ2n) is 4.85. The lowest BCUT2D eigenvalue weighted by atomic mass is 10.0. The van der Waals surface area contributed by atoms with Gasteiger partial charge in [0, 0.05) is 15.7 Å². The number of benzene rings is 1. The van der Waals surface area contributed by atoms with E-state index in [9.17, 15) is 4.39 Å². The maximum absolute atomic E-state index is 13.4. The molecule has 0 spiro atoms. The van der Waals surface area contributed by atoms with Gasteiger partial charge in [0.2, 0.25) is 0 Å². The third kappa shape index (κ3) is 4.77. The first-order chi connectivity index (χ1) is 10.1. The summed E-state index contributed by atoms with van der Waals surface area (Å²) in [5.74, 6) is -0.271. The molecule has 0 amide bonds. The zero-order chi connectivity index (χ0) is 15.2. The van der Waals surface area contributed by atoms with Crippen molar-refractivity contribution in [2.45, 2.75) is 25.8 Å². The van der Waals surface area contributed by atoms with Gasteiger partial charge in [-0.05, 0) is 71.2 Å². The summed E-state index contributed by atoms with van der Waals surface area (Å²) in [5, 5.41) is 4.02. The molecule has 2 nitrogen and oxygen atoms in total. The van der Waals surface area contributed by atoms with Gasteiger partial charge in [0.25, 0.3) is 0 Å². The summed E-state index contributed by atoms with van der Waals surface area (Å²) in [7, 11) is 0. The Morgan fingerprint density at radius 2 is 2.14 bits per heavy atom. The number of pyridine rings is 1. The molecule has 5 heteroatoms. The summed E-state index contributed by atoms with van der Waals surface area (Å²) >= 11 is 9.55. The summed E-state index contributed by atoms with van der Waals surface area (Å²) < 4.78 is 14.3. The average molecular weight is 372 g/mol. The number of halogens is 3. The van der Waals surface area contributed by atoms with Gasteiger partial charge in [0.05, 0.1) is 11.7 Å². The van der Waals surface area contributed by atoms with Crippen LogP contribution in [0.4, 0.5) is 4.39 Å². The first-order valence-electron chi connectivity index (χ1n) is 6.89. The fourth-order valence-corrected chi connectivity index (χ4v) is 2.54. The van der Waals surface area contributed by atoms with Gasteiger partial charge in [0.15, 0.2) is 0 Å². The van der Waals surface area contributed by atoms with Gasteiger partial charge in [-0.1, -0.05) is 18.5 Å². The topological polar surface area (TPSA) is 24.9 Å². The van der Waals surface area contributed by atoms with Crippen LogP contribution in [0.2, 0.25) is 5.02 Å². The van der Waals surface area contributed by atoms with E-state index in [0.29, 0.717) is 11.4 Å². The lowest BCUT2D eigenvalue weighted by Crippen LogP contribution is -2.25. The molecule has 21 heavy (non-hydrogen) atoms. The van der Waals surface area contributed by atoms with Crippen molar-refractivity contribution in [3.63, 3.8) is 0 Å². The van der Waals surface area contributed by atoms with E-state index < -0.39 is 0 Å². The van der Waals surface area contributed by atoms with Gasteiger partial charge in [-0.3, -0.25) is 4.98 Å². The molecule has 2 aromatic rings. The molecule has 0 aliphatic rings. The van der Waals surface area contributed by atoms with E-state index >= 15 is 0 Å². The molecule has 0 fully saturated rings. The largest absolute Gasteiger partial charge is 0.308 e. The van der Waals surface area contributed by atoms with E-state index in [1.165, 1.54) is 12.1 Å². The number of aromatic nitrogens is 1. The minimum atomic E-state index is -0.271. The fraction of sp³-hybridized carbons (Fsp3) is 0.312. The van der Waals surface area contributed by atoms with Gasteiger partial charge < -0.3 is 5.32 Å². The van der Waals surface area contributed by atoms with E-state index in [1.54, 1.807) is 12.3 Å². The molecule has 0 saturated heterocycles. The smallest absolute Gasteiger partial charge is 0.123 e. The van der Waals surface area contributed by atoms with Crippen molar-refractivity contribution in [1.82, 2.24) is 10.3 Å². The Balaban J connectivity index is 2.23. The molecule has 0 saturated carbocycles. The van der Waals surface area contributed by atoms with Crippen LogP contribution in [0.25, 0.3) is 0 Å². The molecule has 1 aromatic carbocycles. The highest BCUT2D eigenvalue weighted by Crippen LogP contribution is 2.24. The fourth-order valence-electron chi connectivity index (χ4n) is 2.11. The molecule has 112 valence electrons. The molecule has 1 unspecified atom stereocenters. The molecule has 0 aliphatic carbocycles. The third-order valence-electron chi connectivity index (χ3n) is 3.18. The zero-order valence-electron chi connectivity index (χ0n) is 11.7. The first kappa shape index (κ1) is 16.4. The van der Waals surface area contributed by atoms with Gasteiger partial charge in [0.1, 0.15) is 5.82 Å². The number of hydrogen-bond donors (Lipinski definition) is 1. The Hall–Kier alpha value is -0.970. The second kappa shape index (κ2) is 7.87. The summed E-state index contributed by atoms with van der Waals surface area (Å²) in [6.07, 6.45) is 3.39. The molecule has 2 rings (SSSR count). The number of nitrogens with one attached hydrogen (secondary N) is 1. The normalized spacial score (nSPS) is 12.4. The Morgan fingerprint density at radius 1 is 1.33 bits per heavy atom. The summed E-state index contributed by atoms with van der Waals surface area (Å²) in [6.45, 7) is 2.98. The van der Waals surface area contributed by atoms with Crippen molar-refractivity contribution >= 4 is 27.5 Å². The van der Waals surface area contributed by atoms with E-state index in [0.717, 1.165) is 28.7 Å². The van der Waals surface area contributed by atoms with Crippen LogP contribution in [0.5, 0.6) is 0 Å². The maximum Gasteiger partial charge on any atom is 0.123 e. The monoisotopic (exact) mass is 370 g/mol. The Kier molecular flexibility index (Phi) is 6.15. The van der Waals surface area contributed by atoms with Crippen molar-refractivity contribution in [3.05, 3.63) is 63.1 Å². The Morgan fingerprint density at radius 3 is 2.81 bits per heavy atom. The number of nitrogens with zero attached hydrogens (tertiary/aromatic N) is 1. The van der Waals surface area contributed by atoms with Crippen LogP contribution in [0.1, 0.15) is 30.6 Å². The zero-order valence-corrected chi connectivity index (χ0v) is 14.1. The standard InChI is InChI=1S/C16H17BrClFN2/c1-2-7-20-16(15-6-3-12(17)10-21-15)9-11-8-13(19)4-5-14(11)18/h3-6,8,10,16,20H,2,7,9H2,1H3. The summed E-state index contributed by atoms with van der Waals surface area (Å²) in [5.41, 5.74) is 1.71. The van der Waals surface area contributed by atoms with Crippen molar-refractivity contribution < 1.29 is 4.39 Å². The minimum absolute atomic E-state index is 0.0114. The van der Waals surface area contributed by atoms with Crippen molar-refractivity contribution in [1.29, 1.82) is 0 Å². The second-order valence-corrected chi connectivity index (χ2v) is 6.17. The molecular formula is C16H17BrClFN2. The Labute approximate surface area is 137 Å². The molecule has 1 heterocycles. The SMILES string of the molecule is CCCNC(Cc1cc(F)ccc1Cl)c1ccc(Br)cn1. The van der Waals surface area contributed by atoms with Crippen LogP contribution in [-0.4, -0.2) is 11.5 Å². The minimum Gasteiger partial charge on any atom is -0.308 e. The highest BCUT2D eigenvalue weighted by atomic mass is 79.9. The van der Waals surface area contributed by atoms with Crippen molar-refractivity contribution in [2.75, 3.05) is 6.54 Å². The van der Waals surface area contributed by atoms with Crippen LogP contribution < -0.4 is 5.32 Å². The van der Waals surface area contributed by atoms with Crippen LogP contribution in [-0.2, 0) is 6.42 Å². The van der Waals surface area contributed by atoms with Gasteiger partial charge in [-0.2, -0.15) is 0 Å². The highest BCUT2D eigenvalue weighted by Gasteiger charge is 2.15. The lowest BCUT2D eigenvalue weighted by Gasteiger charge is -2.19. The predicted molar refractivity (Wildman–Crippen MR) is 88.1 cm³/mol. The van der Waals surface area contributed by atoms with Gasteiger partial charge in [-0.15, -0.1) is 0 Å². The molecule has 0 bridgehead atoms. The van der Waals surface area contributed by atoms with Crippen molar-refractivity contribution in [2.24, 2.45) is 0 Å². The lowest BCUT2D eigenvalue weighted by molar-refractivity contribution is 0.516. The highest BCUT2D eigenvalue weighted by molar-refractivity contribution is 9.10.